The molecular weight excluding hydrogens is 276 g/mol. The van der Waals surface area contributed by atoms with E-state index >= 15 is 0 Å². The number of phenols is 1. The Labute approximate surface area is 120 Å². The summed E-state index contributed by atoms with van der Waals surface area (Å²) in [5.41, 5.74) is 2.01. The van der Waals surface area contributed by atoms with E-state index in [2.05, 4.69) is 4.90 Å². The van der Waals surface area contributed by atoms with Gasteiger partial charge in [0, 0.05) is 37.8 Å². The average Bonchev–Trinajstić information content (AvgIpc) is 2.40. The molecule has 1 aromatic carbocycles. The summed E-state index contributed by atoms with van der Waals surface area (Å²) in [5.74, 6) is 0.300. The van der Waals surface area contributed by atoms with Gasteiger partial charge in [0.2, 0.25) is 10.0 Å². The van der Waals surface area contributed by atoms with E-state index in [-0.39, 0.29) is 6.04 Å². The molecule has 1 atom stereocenters. The number of rotatable bonds is 3. The summed E-state index contributed by atoms with van der Waals surface area (Å²) in [4.78, 5) is 2.20. The molecule has 0 aromatic heterocycles. The molecule has 1 heterocycles. The van der Waals surface area contributed by atoms with Gasteiger partial charge >= 0.3 is 0 Å². The summed E-state index contributed by atoms with van der Waals surface area (Å²) >= 11 is 0. The van der Waals surface area contributed by atoms with Crippen LogP contribution in [0.3, 0.4) is 0 Å². The first-order chi connectivity index (χ1) is 9.29. The Morgan fingerprint density at radius 1 is 1.20 bits per heavy atom. The van der Waals surface area contributed by atoms with Crippen molar-refractivity contribution >= 4 is 10.0 Å². The second-order valence-electron chi connectivity index (χ2n) is 5.44. The fourth-order valence-electron chi connectivity index (χ4n) is 2.63. The van der Waals surface area contributed by atoms with Crippen LogP contribution in [-0.2, 0) is 10.0 Å². The first kappa shape index (κ1) is 15.3. The molecule has 1 aliphatic heterocycles. The van der Waals surface area contributed by atoms with E-state index in [9.17, 15) is 13.5 Å². The van der Waals surface area contributed by atoms with Crippen LogP contribution in [0.4, 0.5) is 0 Å². The van der Waals surface area contributed by atoms with Crippen LogP contribution in [0, 0.1) is 6.92 Å². The monoisotopic (exact) mass is 298 g/mol. The third kappa shape index (κ3) is 3.31. The third-order valence-corrected chi connectivity index (χ3v) is 5.23. The highest BCUT2D eigenvalue weighted by molar-refractivity contribution is 7.88. The van der Waals surface area contributed by atoms with Gasteiger partial charge in [-0.05, 0) is 19.9 Å². The zero-order chi connectivity index (χ0) is 14.9. The van der Waals surface area contributed by atoms with Crippen LogP contribution in [0.5, 0.6) is 5.75 Å². The van der Waals surface area contributed by atoms with Crippen molar-refractivity contribution in [1.82, 2.24) is 9.21 Å². The van der Waals surface area contributed by atoms with Crippen molar-refractivity contribution in [1.29, 1.82) is 0 Å². The maximum Gasteiger partial charge on any atom is 0.211 e. The van der Waals surface area contributed by atoms with Crippen molar-refractivity contribution < 1.29 is 13.5 Å². The highest BCUT2D eigenvalue weighted by Gasteiger charge is 2.27. The van der Waals surface area contributed by atoms with Gasteiger partial charge in [-0.1, -0.05) is 17.7 Å². The Morgan fingerprint density at radius 3 is 2.35 bits per heavy atom. The second-order valence-corrected chi connectivity index (χ2v) is 7.42. The van der Waals surface area contributed by atoms with Gasteiger partial charge in [-0.15, -0.1) is 0 Å². The van der Waals surface area contributed by atoms with Crippen molar-refractivity contribution in [2.75, 3.05) is 32.4 Å². The standard InChI is InChI=1S/C14H22N2O3S/c1-11-4-5-14(17)13(10-11)12(2)15-6-8-16(9-7-15)20(3,18)19/h4-5,10,12,17H,6-9H2,1-3H3. The largest absolute Gasteiger partial charge is 0.508 e. The second kappa shape index (κ2) is 5.71. The van der Waals surface area contributed by atoms with Gasteiger partial charge in [-0.25, -0.2) is 8.42 Å². The van der Waals surface area contributed by atoms with Crippen molar-refractivity contribution in [3.63, 3.8) is 0 Å². The molecule has 1 N–H and O–H groups in total. The maximum absolute atomic E-state index is 11.5. The lowest BCUT2D eigenvalue weighted by Gasteiger charge is -2.37. The molecule has 20 heavy (non-hydrogen) atoms. The van der Waals surface area contributed by atoms with E-state index in [1.54, 1.807) is 6.07 Å². The van der Waals surface area contributed by atoms with Crippen LogP contribution in [0.25, 0.3) is 0 Å². The fourth-order valence-corrected chi connectivity index (χ4v) is 3.45. The molecule has 1 aliphatic rings. The first-order valence-corrected chi connectivity index (χ1v) is 8.62. The van der Waals surface area contributed by atoms with Gasteiger partial charge in [0.15, 0.2) is 0 Å². The summed E-state index contributed by atoms with van der Waals surface area (Å²) in [6.07, 6.45) is 1.25. The highest BCUT2D eigenvalue weighted by Crippen LogP contribution is 2.30. The van der Waals surface area contributed by atoms with Crippen LogP contribution in [0.2, 0.25) is 0 Å². The molecule has 112 valence electrons. The number of aryl methyl sites for hydroxylation is 1. The molecule has 5 nitrogen and oxygen atoms in total. The number of hydrogen-bond donors (Lipinski definition) is 1. The summed E-state index contributed by atoms with van der Waals surface area (Å²) in [7, 11) is -3.10. The Hall–Kier alpha value is -1.11. The van der Waals surface area contributed by atoms with E-state index in [0.29, 0.717) is 31.9 Å². The minimum absolute atomic E-state index is 0.0802. The predicted molar refractivity (Wildman–Crippen MR) is 79.2 cm³/mol. The maximum atomic E-state index is 11.5. The molecule has 1 fully saturated rings. The summed E-state index contributed by atoms with van der Waals surface area (Å²) < 4.78 is 24.5. The molecule has 0 spiro atoms. The molecular formula is C14H22N2O3S. The zero-order valence-corrected chi connectivity index (χ0v) is 13.0. The topological polar surface area (TPSA) is 60.9 Å². The molecule has 1 aromatic rings. The molecule has 1 unspecified atom stereocenters. The summed E-state index contributed by atoms with van der Waals surface area (Å²) in [6, 6.07) is 5.67. The number of piperazine rings is 1. The van der Waals surface area contributed by atoms with E-state index in [0.717, 1.165) is 11.1 Å². The molecule has 1 saturated heterocycles. The van der Waals surface area contributed by atoms with Gasteiger partial charge in [-0.3, -0.25) is 4.90 Å². The Bertz CT molecular complexity index is 578. The van der Waals surface area contributed by atoms with Gasteiger partial charge in [0.25, 0.3) is 0 Å². The fraction of sp³-hybridized carbons (Fsp3) is 0.571. The number of aromatic hydroxyl groups is 1. The average molecular weight is 298 g/mol. The van der Waals surface area contributed by atoms with Gasteiger partial charge in [-0.2, -0.15) is 4.31 Å². The number of sulfonamides is 1. The van der Waals surface area contributed by atoms with E-state index in [1.165, 1.54) is 10.6 Å². The van der Waals surface area contributed by atoms with Gasteiger partial charge < -0.3 is 5.11 Å². The van der Waals surface area contributed by atoms with Crippen molar-refractivity contribution in [2.24, 2.45) is 0 Å². The number of benzene rings is 1. The minimum Gasteiger partial charge on any atom is -0.508 e. The molecule has 6 heteroatoms. The lowest BCUT2D eigenvalue weighted by Crippen LogP contribution is -2.48. The minimum atomic E-state index is -3.10. The van der Waals surface area contributed by atoms with E-state index < -0.39 is 10.0 Å². The molecule has 2 rings (SSSR count). The van der Waals surface area contributed by atoms with E-state index in [1.807, 2.05) is 26.0 Å². The Morgan fingerprint density at radius 2 is 1.80 bits per heavy atom. The molecule has 0 saturated carbocycles. The highest BCUT2D eigenvalue weighted by atomic mass is 32.2. The zero-order valence-electron chi connectivity index (χ0n) is 12.2. The van der Waals surface area contributed by atoms with Crippen LogP contribution in [-0.4, -0.2) is 55.2 Å². The molecule has 0 aliphatic carbocycles. The van der Waals surface area contributed by atoms with Crippen LogP contribution in [0.1, 0.15) is 24.1 Å². The predicted octanol–water partition coefficient (Wildman–Crippen LogP) is 1.34. The van der Waals surface area contributed by atoms with Crippen LogP contribution >= 0.6 is 0 Å². The number of nitrogens with zero attached hydrogens (tertiary/aromatic N) is 2. The van der Waals surface area contributed by atoms with Crippen LogP contribution in [0.15, 0.2) is 18.2 Å². The van der Waals surface area contributed by atoms with Crippen molar-refractivity contribution in [3.8, 4) is 5.75 Å². The smallest absolute Gasteiger partial charge is 0.211 e. The first-order valence-electron chi connectivity index (χ1n) is 6.77. The van der Waals surface area contributed by atoms with E-state index in [4.69, 9.17) is 0 Å². The van der Waals surface area contributed by atoms with Gasteiger partial charge in [0.05, 0.1) is 6.26 Å². The Balaban J connectivity index is 2.09. The lowest BCUT2D eigenvalue weighted by molar-refractivity contribution is 0.144. The SMILES string of the molecule is Cc1ccc(O)c(C(C)N2CCN(S(C)(=O)=O)CC2)c1. The molecule has 0 bridgehead atoms. The van der Waals surface area contributed by atoms with Crippen molar-refractivity contribution in [3.05, 3.63) is 29.3 Å². The number of phenolic OH excluding ortho intramolecular Hbond substituents is 1. The summed E-state index contributed by atoms with van der Waals surface area (Å²) in [6.45, 7) is 6.43. The number of hydrogen-bond acceptors (Lipinski definition) is 4. The Kier molecular flexibility index (Phi) is 4.36. The third-order valence-electron chi connectivity index (χ3n) is 3.92. The van der Waals surface area contributed by atoms with Crippen LogP contribution < -0.4 is 0 Å². The quantitative estimate of drug-likeness (QED) is 0.915. The lowest BCUT2D eigenvalue weighted by atomic mass is 10.0. The molecule has 0 amide bonds. The van der Waals surface area contributed by atoms with Gasteiger partial charge in [0.1, 0.15) is 5.75 Å². The molecule has 0 radical (unpaired) electrons. The normalized spacial score (nSPS) is 19.9. The summed E-state index contributed by atoms with van der Waals surface area (Å²) in [5, 5.41) is 9.98. The van der Waals surface area contributed by atoms with Crippen molar-refractivity contribution in [2.45, 2.75) is 19.9 Å².